The van der Waals surface area contributed by atoms with Crippen LogP contribution in [-0.2, 0) is 16.0 Å². The van der Waals surface area contributed by atoms with Crippen molar-refractivity contribution in [1.82, 2.24) is 14.8 Å². The summed E-state index contributed by atoms with van der Waals surface area (Å²) in [6.07, 6.45) is 3.66. The third-order valence-corrected chi connectivity index (χ3v) is 5.86. The molecule has 25 heavy (non-hydrogen) atoms. The number of morpholine rings is 1. The molecule has 5 heteroatoms. The van der Waals surface area contributed by atoms with Crippen molar-refractivity contribution in [1.29, 1.82) is 0 Å². The summed E-state index contributed by atoms with van der Waals surface area (Å²) in [4.78, 5) is 9.77. The summed E-state index contributed by atoms with van der Waals surface area (Å²) in [6.45, 7) is 11.3. The number of piperidine rings is 1. The predicted octanol–water partition coefficient (Wildman–Crippen LogP) is 2.09. The maximum Gasteiger partial charge on any atom is 0.0813 e. The molecule has 0 aliphatic carbocycles. The summed E-state index contributed by atoms with van der Waals surface area (Å²) >= 11 is 0. The second kappa shape index (κ2) is 7.70. The zero-order valence-electron chi connectivity index (χ0n) is 15.5. The van der Waals surface area contributed by atoms with Crippen molar-refractivity contribution in [2.24, 2.45) is 5.92 Å². The number of nitrogens with zero attached hydrogens (tertiary/aromatic N) is 3. The van der Waals surface area contributed by atoms with Gasteiger partial charge in [0, 0.05) is 38.4 Å². The number of likely N-dealkylation sites (tertiary alicyclic amines) is 1. The zero-order chi connectivity index (χ0) is 17.1. The van der Waals surface area contributed by atoms with E-state index in [2.05, 4.69) is 39.9 Å². The van der Waals surface area contributed by atoms with E-state index in [4.69, 9.17) is 9.47 Å². The van der Waals surface area contributed by atoms with E-state index < -0.39 is 0 Å². The van der Waals surface area contributed by atoms with Gasteiger partial charge in [-0.05, 0) is 50.8 Å². The van der Waals surface area contributed by atoms with Gasteiger partial charge in [0.05, 0.1) is 31.1 Å². The average molecular weight is 345 g/mol. The van der Waals surface area contributed by atoms with Crippen LogP contribution in [0.25, 0.3) is 0 Å². The first kappa shape index (κ1) is 17.4. The van der Waals surface area contributed by atoms with Gasteiger partial charge in [0.15, 0.2) is 0 Å². The van der Waals surface area contributed by atoms with Crippen LogP contribution in [0.4, 0.5) is 0 Å². The Bertz CT molecular complexity index is 576. The predicted molar refractivity (Wildman–Crippen MR) is 97.5 cm³/mol. The molecule has 4 heterocycles. The van der Waals surface area contributed by atoms with Crippen LogP contribution in [0, 0.1) is 12.8 Å². The lowest BCUT2D eigenvalue weighted by Gasteiger charge is -2.40. The fourth-order valence-electron chi connectivity index (χ4n) is 4.73. The van der Waals surface area contributed by atoms with E-state index in [0.29, 0.717) is 5.92 Å². The number of hydrogen-bond donors (Lipinski definition) is 0. The smallest absolute Gasteiger partial charge is 0.0813 e. The third-order valence-electron chi connectivity index (χ3n) is 5.86. The minimum atomic E-state index is 0.0824. The lowest BCUT2D eigenvalue weighted by Crippen LogP contribution is -2.47. The summed E-state index contributed by atoms with van der Waals surface area (Å²) in [5.74, 6) is 0.676. The quantitative estimate of drug-likeness (QED) is 0.835. The number of aryl methyl sites for hydroxylation is 1. The molecule has 0 N–H and O–H groups in total. The van der Waals surface area contributed by atoms with Gasteiger partial charge < -0.3 is 9.47 Å². The highest BCUT2D eigenvalue weighted by Crippen LogP contribution is 2.38. The highest BCUT2D eigenvalue weighted by molar-refractivity contribution is 5.10. The van der Waals surface area contributed by atoms with E-state index in [-0.39, 0.29) is 5.60 Å². The first-order valence-electron chi connectivity index (χ1n) is 9.80. The van der Waals surface area contributed by atoms with Crippen LogP contribution < -0.4 is 0 Å². The SMILES string of the molecule is Cc1cccc(CN2CCC[C@]3(C[C@H](CN4CCOCC4)CO3)C2)n1. The van der Waals surface area contributed by atoms with Crippen molar-refractivity contribution in [3.8, 4) is 0 Å². The standard InChI is InChI=1S/C20H31N3O2/c1-17-4-2-5-19(21-17)14-23-7-3-6-20(16-23)12-18(15-25-20)13-22-8-10-24-11-9-22/h2,4-5,18H,3,6-16H2,1H3/t18-,20+/m1/s1. The summed E-state index contributed by atoms with van der Waals surface area (Å²) < 4.78 is 11.9. The largest absolute Gasteiger partial charge is 0.379 e. The number of hydrogen-bond acceptors (Lipinski definition) is 5. The van der Waals surface area contributed by atoms with Crippen molar-refractivity contribution >= 4 is 0 Å². The van der Waals surface area contributed by atoms with E-state index >= 15 is 0 Å². The summed E-state index contributed by atoms with van der Waals surface area (Å²) in [5, 5.41) is 0. The Morgan fingerprint density at radius 1 is 1.20 bits per heavy atom. The Balaban J connectivity index is 1.32. The fourth-order valence-corrected chi connectivity index (χ4v) is 4.73. The van der Waals surface area contributed by atoms with Crippen LogP contribution in [0.3, 0.4) is 0 Å². The van der Waals surface area contributed by atoms with Crippen molar-refractivity contribution in [2.75, 3.05) is 52.5 Å². The number of pyridine rings is 1. The molecule has 0 aromatic carbocycles. The lowest BCUT2D eigenvalue weighted by atomic mass is 9.86. The van der Waals surface area contributed by atoms with Crippen LogP contribution in [0.15, 0.2) is 18.2 Å². The van der Waals surface area contributed by atoms with Crippen LogP contribution in [0.1, 0.15) is 30.7 Å². The van der Waals surface area contributed by atoms with Gasteiger partial charge in [0.2, 0.25) is 0 Å². The van der Waals surface area contributed by atoms with Crippen LogP contribution in [0.5, 0.6) is 0 Å². The molecule has 0 saturated carbocycles. The van der Waals surface area contributed by atoms with Crippen molar-refractivity contribution in [3.05, 3.63) is 29.6 Å². The Kier molecular flexibility index (Phi) is 5.36. The lowest BCUT2D eigenvalue weighted by molar-refractivity contribution is -0.0539. The van der Waals surface area contributed by atoms with Gasteiger partial charge in [-0.3, -0.25) is 14.8 Å². The maximum atomic E-state index is 6.41. The van der Waals surface area contributed by atoms with Gasteiger partial charge in [0.25, 0.3) is 0 Å². The van der Waals surface area contributed by atoms with Crippen molar-refractivity contribution in [2.45, 2.75) is 38.3 Å². The van der Waals surface area contributed by atoms with E-state index in [1.165, 1.54) is 31.5 Å². The first-order chi connectivity index (χ1) is 12.2. The molecule has 0 unspecified atom stereocenters. The Morgan fingerprint density at radius 3 is 2.92 bits per heavy atom. The monoisotopic (exact) mass is 345 g/mol. The summed E-state index contributed by atoms with van der Waals surface area (Å²) in [5.41, 5.74) is 2.37. The molecule has 3 aliphatic rings. The fraction of sp³-hybridized carbons (Fsp3) is 0.750. The molecule has 3 saturated heterocycles. The zero-order valence-corrected chi connectivity index (χ0v) is 15.5. The Hall–Kier alpha value is -1.01. The molecule has 0 amide bonds. The summed E-state index contributed by atoms with van der Waals surface area (Å²) in [6, 6.07) is 6.32. The molecule has 0 bridgehead atoms. The number of ether oxygens (including phenoxy) is 2. The van der Waals surface area contributed by atoms with Crippen LogP contribution >= 0.6 is 0 Å². The Morgan fingerprint density at radius 2 is 2.08 bits per heavy atom. The molecular weight excluding hydrogens is 314 g/mol. The highest BCUT2D eigenvalue weighted by Gasteiger charge is 2.43. The molecule has 3 aliphatic heterocycles. The third kappa shape index (κ3) is 4.40. The normalized spacial score (nSPS) is 31.6. The molecule has 1 aromatic rings. The van der Waals surface area contributed by atoms with E-state index in [1.54, 1.807) is 0 Å². The van der Waals surface area contributed by atoms with Crippen molar-refractivity contribution < 1.29 is 9.47 Å². The second-order valence-electron chi connectivity index (χ2n) is 8.06. The molecule has 138 valence electrons. The van der Waals surface area contributed by atoms with E-state index in [1.807, 2.05) is 0 Å². The minimum Gasteiger partial charge on any atom is -0.379 e. The van der Waals surface area contributed by atoms with Crippen LogP contribution in [0.2, 0.25) is 0 Å². The van der Waals surface area contributed by atoms with Gasteiger partial charge in [-0.1, -0.05) is 6.07 Å². The van der Waals surface area contributed by atoms with Crippen LogP contribution in [-0.4, -0.2) is 72.9 Å². The Labute approximate surface area is 151 Å². The second-order valence-corrected chi connectivity index (χ2v) is 8.06. The molecule has 4 rings (SSSR count). The summed E-state index contributed by atoms with van der Waals surface area (Å²) in [7, 11) is 0. The molecule has 0 radical (unpaired) electrons. The number of aromatic nitrogens is 1. The van der Waals surface area contributed by atoms with Gasteiger partial charge in [-0.2, -0.15) is 0 Å². The first-order valence-corrected chi connectivity index (χ1v) is 9.80. The van der Waals surface area contributed by atoms with Gasteiger partial charge >= 0.3 is 0 Å². The van der Waals surface area contributed by atoms with Crippen molar-refractivity contribution in [3.63, 3.8) is 0 Å². The van der Waals surface area contributed by atoms with Gasteiger partial charge in [0.1, 0.15) is 0 Å². The molecular formula is C20H31N3O2. The molecule has 3 fully saturated rings. The molecule has 5 nitrogen and oxygen atoms in total. The minimum absolute atomic E-state index is 0.0824. The van der Waals surface area contributed by atoms with E-state index in [0.717, 1.165) is 58.2 Å². The molecule has 1 aromatic heterocycles. The molecule has 2 atom stereocenters. The number of rotatable bonds is 4. The average Bonchev–Trinajstić information content (AvgIpc) is 2.97. The topological polar surface area (TPSA) is 37.8 Å². The highest BCUT2D eigenvalue weighted by atomic mass is 16.5. The van der Waals surface area contributed by atoms with E-state index in [9.17, 15) is 0 Å². The van der Waals surface area contributed by atoms with Gasteiger partial charge in [-0.15, -0.1) is 0 Å². The molecule has 1 spiro atoms. The van der Waals surface area contributed by atoms with Gasteiger partial charge in [-0.25, -0.2) is 0 Å². The maximum absolute atomic E-state index is 6.41.